The molecule has 3 N–H and O–H groups in total. The normalized spacial score (nSPS) is 25.4. The molecule has 0 spiro atoms. The Morgan fingerprint density at radius 3 is 2.71 bits per heavy atom. The van der Waals surface area contributed by atoms with E-state index in [9.17, 15) is 4.79 Å². The largest absolute Gasteiger partial charge is 0.444 e. The van der Waals surface area contributed by atoms with E-state index < -0.39 is 5.60 Å². The second-order valence-corrected chi connectivity index (χ2v) is 8.15. The lowest BCUT2D eigenvalue weighted by atomic mass is 10.1. The van der Waals surface area contributed by atoms with Crippen LogP contribution in [0.1, 0.15) is 41.0 Å². The van der Waals surface area contributed by atoms with Crippen LogP contribution >= 0.6 is 11.8 Å². The third-order valence-electron chi connectivity index (χ3n) is 3.82. The van der Waals surface area contributed by atoms with Crippen LogP contribution < -0.4 is 11.1 Å². The lowest BCUT2D eigenvalue weighted by molar-refractivity contribution is 0.0519. The van der Waals surface area contributed by atoms with Gasteiger partial charge < -0.3 is 15.8 Å². The minimum Gasteiger partial charge on any atom is -0.444 e. The molecule has 3 atom stereocenters. The number of nitrogens with two attached hydrogens (primary N) is 1. The molecule has 0 aromatic rings. The van der Waals surface area contributed by atoms with Gasteiger partial charge in [-0.3, -0.25) is 4.90 Å². The maximum absolute atomic E-state index is 11.6. The van der Waals surface area contributed by atoms with Crippen LogP contribution in [0, 0.1) is 0 Å². The smallest absolute Gasteiger partial charge is 0.407 e. The molecule has 3 unspecified atom stereocenters. The second-order valence-electron chi connectivity index (χ2n) is 6.66. The van der Waals surface area contributed by atoms with Crippen LogP contribution in [0.15, 0.2) is 0 Å². The summed E-state index contributed by atoms with van der Waals surface area (Å²) in [6, 6.07) is 0.845. The van der Waals surface area contributed by atoms with Gasteiger partial charge in [-0.05, 0) is 34.1 Å². The number of nitrogens with zero attached hydrogens (tertiary/aromatic N) is 1. The van der Waals surface area contributed by atoms with E-state index in [1.54, 1.807) is 0 Å². The Labute approximate surface area is 133 Å². The van der Waals surface area contributed by atoms with Gasteiger partial charge in [0.1, 0.15) is 5.60 Å². The fourth-order valence-electron chi connectivity index (χ4n) is 2.55. The predicted molar refractivity (Wildman–Crippen MR) is 89.8 cm³/mol. The van der Waals surface area contributed by atoms with E-state index in [-0.39, 0.29) is 6.09 Å². The fourth-order valence-corrected chi connectivity index (χ4v) is 3.67. The van der Waals surface area contributed by atoms with Crippen molar-refractivity contribution in [3.8, 4) is 0 Å². The van der Waals surface area contributed by atoms with Crippen molar-refractivity contribution in [3.63, 3.8) is 0 Å². The van der Waals surface area contributed by atoms with Crippen molar-refractivity contribution >= 4 is 17.9 Å². The molecule has 6 heteroatoms. The highest BCUT2D eigenvalue weighted by atomic mass is 32.2. The first-order valence-electron chi connectivity index (χ1n) is 7.79. The van der Waals surface area contributed by atoms with Crippen molar-refractivity contribution < 1.29 is 9.53 Å². The van der Waals surface area contributed by atoms with Gasteiger partial charge in [-0.2, -0.15) is 11.8 Å². The minimum absolute atomic E-state index is 0.318. The number of thioether (sulfide) groups is 1. The summed E-state index contributed by atoms with van der Waals surface area (Å²) in [6.45, 7) is 12.4. The Balaban J connectivity index is 2.39. The minimum atomic E-state index is -0.453. The van der Waals surface area contributed by atoms with E-state index in [4.69, 9.17) is 10.5 Å². The van der Waals surface area contributed by atoms with Crippen LogP contribution in [-0.4, -0.2) is 59.3 Å². The molecule has 1 rings (SSSR count). The van der Waals surface area contributed by atoms with E-state index in [0.717, 1.165) is 18.7 Å². The van der Waals surface area contributed by atoms with E-state index in [2.05, 4.69) is 24.1 Å². The van der Waals surface area contributed by atoms with E-state index in [1.807, 2.05) is 32.5 Å². The Morgan fingerprint density at radius 1 is 1.48 bits per heavy atom. The maximum atomic E-state index is 11.6. The zero-order valence-corrected chi connectivity index (χ0v) is 14.8. The first-order valence-corrected chi connectivity index (χ1v) is 8.83. The number of ether oxygens (including phenoxy) is 1. The highest BCUT2D eigenvalue weighted by molar-refractivity contribution is 8.00. The number of hydrogen-bond donors (Lipinski definition) is 2. The zero-order chi connectivity index (χ0) is 16.0. The Bertz CT molecular complexity index is 333. The van der Waals surface area contributed by atoms with Gasteiger partial charge in [0.05, 0.1) is 0 Å². The standard InChI is InChI=1S/C15H31N3O2S/c1-11-12(2)21-9-8-18(11)13(10-16)6-7-17-14(19)20-15(3,4)5/h11-13H,6-10,16H2,1-5H3,(H,17,19). The summed E-state index contributed by atoms with van der Waals surface area (Å²) in [5.74, 6) is 1.15. The molecule has 124 valence electrons. The van der Waals surface area contributed by atoms with Gasteiger partial charge in [-0.1, -0.05) is 6.92 Å². The van der Waals surface area contributed by atoms with Crippen LogP contribution in [0.4, 0.5) is 4.79 Å². The molecule has 1 fully saturated rings. The van der Waals surface area contributed by atoms with Crippen molar-refractivity contribution in [2.45, 2.75) is 64.0 Å². The van der Waals surface area contributed by atoms with Crippen molar-refractivity contribution in [1.82, 2.24) is 10.2 Å². The molecule has 21 heavy (non-hydrogen) atoms. The Hall–Kier alpha value is -0.460. The number of rotatable bonds is 5. The van der Waals surface area contributed by atoms with E-state index in [0.29, 0.717) is 30.4 Å². The van der Waals surface area contributed by atoms with Gasteiger partial charge in [-0.25, -0.2) is 4.79 Å². The highest BCUT2D eigenvalue weighted by Gasteiger charge is 2.29. The summed E-state index contributed by atoms with van der Waals surface area (Å²) >= 11 is 2.02. The predicted octanol–water partition coefficient (Wildman–Crippen LogP) is 2.05. The van der Waals surface area contributed by atoms with Gasteiger partial charge in [0.2, 0.25) is 0 Å². The van der Waals surface area contributed by atoms with Crippen molar-refractivity contribution in [2.75, 3.05) is 25.4 Å². The molecular weight excluding hydrogens is 286 g/mol. The molecule has 1 amide bonds. The molecule has 0 radical (unpaired) electrons. The SMILES string of the molecule is CC1SCCN(C(CN)CCNC(=O)OC(C)(C)C)C1C. The maximum Gasteiger partial charge on any atom is 0.407 e. The third kappa shape index (κ3) is 6.45. The number of amides is 1. The monoisotopic (exact) mass is 317 g/mol. The number of alkyl carbamates (subject to hydrolysis) is 1. The van der Waals surface area contributed by atoms with Gasteiger partial charge in [0, 0.05) is 42.7 Å². The summed E-state index contributed by atoms with van der Waals surface area (Å²) < 4.78 is 5.24. The summed E-state index contributed by atoms with van der Waals surface area (Å²) in [6.07, 6.45) is 0.506. The zero-order valence-electron chi connectivity index (χ0n) is 14.0. The molecule has 0 aliphatic carbocycles. The average Bonchev–Trinajstić information content (AvgIpc) is 2.36. The van der Waals surface area contributed by atoms with Crippen LogP contribution in [0.3, 0.4) is 0 Å². The van der Waals surface area contributed by atoms with Gasteiger partial charge in [0.25, 0.3) is 0 Å². The number of hydrogen-bond acceptors (Lipinski definition) is 5. The molecule has 5 nitrogen and oxygen atoms in total. The topological polar surface area (TPSA) is 67.6 Å². The fraction of sp³-hybridized carbons (Fsp3) is 0.933. The molecule has 1 heterocycles. The molecule has 1 saturated heterocycles. The second kappa shape index (κ2) is 8.25. The Kier molecular flexibility index (Phi) is 7.30. The number of carbonyl (C=O) groups excluding carboxylic acids is 1. The van der Waals surface area contributed by atoms with Crippen molar-refractivity contribution in [3.05, 3.63) is 0 Å². The number of nitrogens with one attached hydrogen (secondary N) is 1. The summed E-state index contributed by atoms with van der Waals surface area (Å²) in [5, 5.41) is 3.45. The van der Waals surface area contributed by atoms with Gasteiger partial charge in [-0.15, -0.1) is 0 Å². The summed E-state index contributed by atoms with van der Waals surface area (Å²) in [4.78, 5) is 14.1. The molecule has 0 aromatic heterocycles. The molecular formula is C15H31N3O2S. The van der Waals surface area contributed by atoms with E-state index >= 15 is 0 Å². The van der Waals surface area contributed by atoms with Crippen molar-refractivity contribution in [2.24, 2.45) is 5.73 Å². The molecule has 0 bridgehead atoms. The van der Waals surface area contributed by atoms with Gasteiger partial charge >= 0.3 is 6.09 Å². The lowest BCUT2D eigenvalue weighted by Gasteiger charge is -2.42. The van der Waals surface area contributed by atoms with Crippen LogP contribution in [0.25, 0.3) is 0 Å². The van der Waals surface area contributed by atoms with Crippen LogP contribution in [0.2, 0.25) is 0 Å². The highest BCUT2D eigenvalue weighted by Crippen LogP contribution is 2.26. The van der Waals surface area contributed by atoms with Crippen molar-refractivity contribution in [1.29, 1.82) is 0 Å². The molecule has 1 aliphatic heterocycles. The first kappa shape index (κ1) is 18.6. The number of carbonyl (C=O) groups is 1. The van der Waals surface area contributed by atoms with E-state index in [1.165, 1.54) is 0 Å². The average molecular weight is 317 g/mol. The van der Waals surface area contributed by atoms with Gasteiger partial charge in [0.15, 0.2) is 0 Å². The molecule has 0 aromatic carbocycles. The Morgan fingerprint density at radius 2 is 2.14 bits per heavy atom. The van der Waals surface area contributed by atoms with Crippen LogP contribution in [-0.2, 0) is 4.74 Å². The van der Waals surface area contributed by atoms with Crippen LogP contribution in [0.5, 0.6) is 0 Å². The summed E-state index contributed by atoms with van der Waals surface area (Å²) in [7, 11) is 0. The summed E-state index contributed by atoms with van der Waals surface area (Å²) in [5.41, 5.74) is 5.48. The first-order chi connectivity index (χ1) is 9.74. The third-order valence-corrected chi connectivity index (χ3v) is 5.16. The quantitative estimate of drug-likeness (QED) is 0.812. The lowest BCUT2D eigenvalue weighted by Crippen LogP contribution is -2.53. The molecule has 1 aliphatic rings. The molecule has 0 saturated carbocycles.